The van der Waals surface area contributed by atoms with E-state index in [-0.39, 0.29) is 17.0 Å². The quantitative estimate of drug-likeness (QED) is 0.726. The number of anilines is 1. The normalized spacial score (nSPS) is 15.4. The fraction of sp³-hybridized carbons (Fsp3) is 0.294. The Kier molecular flexibility index (Phi) is 3.97. The van der Waals surface area contributed by atoms with Crippen molar-refractivity contribution in [1.82, 2.24) is 20.2 Å². The Morgan fingerprint density at radius 3 is 2.41 bits per heavy atom. The highest BCUT2D eigenvalue weighted by Crippen LogP contribution is 2.50. The van der Waals surface area contributed by atoms with Crippen molar-refractivity contribution in [2.24, 2.45) is 0 Å². The summed E-state index contributed by atoms with van der Waals surface area (Å²) in [6.45, 7) is 0. The third-order valence-corrected chi connectivity index (χ3v) is 4.29. The Labute approximate surface area is 151 Å². The first kappa shape index (κ1) is 17.3. The predicted octanol–water partition coefficient (Wildman–Crippen LogP) is 3.66. The molecule has 10 heteroatoms. The lowest BCUT2D eigenvalue weighted by Gasteiger charge is -2.20. The summed E-state index contributed by atoms with van der Waals surface area (Å²) < 4.78 is 47.7. The van der Waals surface area contributed by atoms with Crippen LogP contribution in [0.15, 0.2) is 41.1 Å². The second kappa shape index (κ2) is 6.22. The van der Waals surface area contributed by atoms with Crippen LogP contribution in [0.3, 0.4) is 0 Å². The molecule has 1 aliphatic rings. The van der Waals surface area contributed by atoms with Gasteiger partial charge >= 0.3 is 12.1 Å². The van der Waals surface area contributed by atoms with Crippen molar-refractivity contribution in [3.63, 3.8) is 0 Å². The first-order valence-corrected chi connectivity index (χ1v) is 8.06. The highest BCUT2D eigenvalue weighted by molar-refractivity contribution is 5.53. The highest BCUT2D eigenvalue weighted by Gasteiger charge is 2.47. The molecule has 0 spiro atoms. The number of nitrogens with one attached hydrogen (secondary N) is 1. The van der Waals surface area contributed by atoms with Crippen LogP contribution < -0.4 is 10.1 Å². The zero-order valence-electron chi connectivity index (χ0n) is 14.1. The number of ether oxygens (including phenoxy) is 1. The first-order valence-electron chi connectivity index (χ1n) is 8.06. The van der Waals surface area contributed by atoms with Gasteiger partial charge in [0, 0.05) is 18.0 Å². The van der Waals surface area contributed by atoms with Gasteiger partial charge in [0.25, 0.3) is 5.89 Å². The zero-order valence-corrected chi connectivity index (χ0v) is 14.1. The molecule has 0 saturated heterocycles. The molecule has 4 rings (SSSR count). The summed E-state index contributed by atoms with van der Waals surface area (Å²) in [5.41, 5.74) is 0.889. The van der Waals surface area contributed by atoms with Gasteiger partial charge in [-0.1, -0.05) is 18.2 Å². The first-order chi connectivity index (χ1) is 12.9. The molecule has 2 heterocycles. The lowest BCUT2D eigenvalue weighted by molar-refractivity contribution is -0.156. The average Bonchev–Trinajstić information content (AvgIpc) is 3.25. The van der Waals surface area contributed by atoms with Crippen LogP contribution in [0.25, 0.3) is 11.5 Å². The SMILES string of the molecule is COc1ccccc1C1(Nc2ncc(-c3nnc(C(F)(F)F)o3)cn2)CC1. The number of alkyl halides is 3. The average molecular weight is 377 g/mol. The minimum atomic E-state index is -4.69. The van der Waals surface area contributed by atoms with E-state index in [1.54, 1.807) is 7.11 Å². The monoisotopic (exact) mass is 377 g/mol. The smallest absolute Gasteiger partial charge is 0.470 e. The molecule has 3 aromatic rings. The molecule has 0 atom stereocenters. The number of nitrogens with zero attached hydrogens (tertiary/aromatic N) is 4. The molecule has 140 valence electrons. The summed E-state index contributed by atoms with van der Waals surface area (Å²) in [6.07, 6.45) is -0.252. The number of benzene rings is 1. The van der Waals surface area contributed by atoms with E-state index in [2.05, 4.69) is 29.9 Å². The molecular formula is C17H14F3N5O2. The van der Waals surface area contributed by atoms with Crippen LogP contribution in [-0.2, 0) is 11.7 Å². The molecule has 0 aliphatic heterocycles. The largest absolute Gasteiger partial charge is 0.496 e. The summed E-state index contributed by atoms with van der Waals surface area (Å²) >= 11 is 0. The van der Waals surface area contributed by atoms with E-state index in [4.69, 9.17) is 4.74 Å². The molecule has 1 fully saturated rings. The second-order valence-electron chi connectivity index (χ2n) is 6.11. The van der Waals surface area contributed by atoms with E-state index in [0.29, 0.717) is 5.95 Å². The maximum Gasteiger partial charge on any atom is 0.470 e. The summed E-state index contributed by atoms with van der Waals surface area (Å²) in [4.78, 5) is 8.32. The standard InChI is InChI=1S/C17H14F3N5O2/c1-26-12-5-3-2-4-11(12)16(6-7-16)23-15-21-8-10(9-22-15)13-24-25-14(27-13)17(18,19)20/h2-5,8-9H,6-7H2,1H3,(H,21,22,23). The highest BCUT2D eigenvalue weighted by atomic mass is 19.4. The van der Waals surface area contributed by atoms with E-state index in [0.717, 1.165) is 24.2 Å². The summed E-state index contributed by atoms with van der Waals surface area (Å²) in [7, 11) is 1.61. The number of hydrogen-bond acceptors (Lipinski definition) is 7. The Morgan fingerprint density at radius 1 is 1.11 bits per heavy atom. The molecule has 1 saturated carbocycles. The topological polar surface area (TPSA) is 86.0 Å². The predicted molar refractivity (Wildman–Crippen MR) is 87.9 cm³/mol. The van der Waals surface area contributed by atoms with Gasteiger partial charge in [-0.3, -0.25) is 0 Å². The van der Waals surface area contributed by atoms with Gasteiger partial charge in [0.05, 0.1) is 18.2 Å². The van der Waals surface area contributed by atoms with Gasteiger partial charge in [-0.25, -0.2) is 9.97 Å². The second-order valence-corrected chi connectivity index (χ2v) is 6.11. The number of aromatic nitrogens is 4. The van der Waals surface area contributed by atoms with Crippen LogP contribution in [0.5, 0.6) is 5.75 Å². The lowest BCUT2D eigenvalue weighted by atomic mass is 10.0. The molecule has 1 aliphatic carbocycles. The van der Waals surface area contributed by atoms with E-state index < -0.39 is 12.1 Å². The minimum absolute atomic E-state index is 0.200. The van der Waals surface area contributed by atoms with Gasteiger partial charge in [0.2, 0.25) is 5.95 Å². The van der Waals surface area contributed by atoms with Crippen LogP contribution in [0.2, 0.25) is 0 Å². The number of rotatable bonds is 5. The van der Waals surface area contributed by atoms with Crippen molar-refractivity contribution < 1.29 is 22.3 Å². The molecule has 0 bridgehead atoms. The van der Waals surface area contributed by atoms with Crippen molar-refractivity contribution in [2.75, 3.05) is 12.4 Å². The Hall–Kier alpha value is -3.17. The van der Waals surface area contributed by atoms with Gasteiger partial charge in [-0.15, -0.1) is 10.2 Å². The van der Waals surface area contributed by atoms with Crippen molar-refractivity contribution in [2.45, 2.75) is 24.6 Å². The van der Waals surface area contributed by atoms with Crippen molar-refractivity contribution in [1.29, 1.82) is 0 Å². The number of para-hydroxylation sites is 1. The Balaban J connectivity index is 1.54. The van der Waals surface area contributed by atoms with Gasteiger partial charge < -0.3 is 14.5 Å². The maximum absolute atomic E-state index is 12.5. The Morgan fingerprint density at radius 2 is 1.81 bits per heavy atom. The molecule has 2 aromatic heterocycles. The summed E-state index contributed by atoms with van der Waals surface area (Å²) in [5, 5.41) is 9.65. The fourth-order valence-corrected chi connectivity index (χ4v) is 2.80. The van der Waals surface area contributed by atoms with Gasteiger partial charge in [-0.05, 0) is 18.9 Å². The van der Waals surface area contributed by atoms with Crippen LogP contribution in [-0.4, -0.2) is 27.3 Å². The zero-order chi connectivity index (χ0) is 19.1. The lowest BCUT2D eigenvalue weighted by Crippen LogP contribution is -2.21. The molecule has 27 heavy (non-hydrogen) atoms. The van der Waals surface area contributed by atoms with Crippen LogP contribution in [0.4, 0.5) is 19.1 Å². The van der Waals surface area contributed by atoms with E-state index in [1.807, 2.05) is 24.3 Å². The third kappa shape index (κ3) is 3.29. The molecule has 7 nitrogen and oxygen atoms in total. The number of halogens is 3. The van der Waals surface area contributed by atoms with Crippen LogP contribution in [0.1, 0.15) is 24.3 Å². The van der Waals surface area contributed by atoms with E-state index >= 15 is 0 Å². The van der Waals surface area contributed by atoms with Crippen molar-refractivity contribution in [3.05, 3.63) is 48.1 Å². The third-order valence-electron chi connectivity index (χ3n) is 4.29. The van der Waals surface area contributed by atoms with Crippen molar-refractivity contribution in [3.8, 4) is 17.2 Å². The van der Waals surface area contributed by atoms with Crippen LogP contribution >= 0.6 is 0 Å². The van der Waals surface area contributed by atoms with Gasteiger partial charge in [-0.2, -0.15) is 13.2 Å². The molecule has 1 aromatic carbocycles. The van der Waals surface area contributed by atoms with Crippen molar-refractivity contribution >= 4 is 5.95 Å². The van der Waals surface area contributed by atoms with Gasteiger partial charge in [0.1, 0.15) is 5.75 Å². The number of hydrogen-bond donors (Lipinski definition) is 1. The Bertz CT molecular complexity index is 952. The molecule has 0 unspecified atom stereocenters. The fourth-order valence-electron chi connectivity index (χ4n) is 2.80. The van der Waals surface area contributed by atoms with E-state index in [1.165, 1.54) is 12.4 Å². The number of methoxy groups -OCH3 is 1. The minimum Gasteiger partial charge on any atom is -0.496 e. The molecular weight excluding hydrogens is 363 g/mol. The molecule has 1 N–H and O–H groups in total. The van der Waals surface area contributed by atoms with E-state index in [9.17, 15) is 13.2 Å². The molecule has 0 radical (unpaired) electrons. The van der Waals surface area contributed by atoms with Gasteiger partial charge in [0.15, 0.2) is 0 Å². The maximum atomic E-state index is 12.5. The summed E-state index contributed by atoms with van der Waals surface area (Å²) in [6, 6.07) is 7.68. The molecule has 0 amide bonds. The summed E-state index contributed by atoms with van der Waals surface area (Å²) in [5.74, 6) is -0.588. The van der Waals surface area contributed by atoms with Crippen LogP contribution in [0, 0.1) is 0 Å².